The van der Waals surface area contributed by atoms with E-state index in [-0.39, 0.29) is 0 Å². The van der Waals surface area contributed by atoms with E-state index in [4.69, 9.17) is 0 Å². The van der Waals surface area contributed by atoms with Gasteiger partial charge in [-0.25, -0.2) is 0 Å². The standard InChI is InChI=1S/C18H27N3/c1-14-16-9-4-5-10-17(16)20(3)18(14)13-21-11-7-6-8-15(21)12-19-2/h4-5,9-10,15,19H,6-8,11-13H2,1-3H3. The topological polar surface area (TPSA) is 20.2 Å². The van der Waals surface area contributed by atoms with Crippen molar-refractivity contribution in [2.45, 2.75) is 38.8 Å². The normalized spacial score (nSPS) is 20.2. The molecule has 1 N–H and O–H groups in total. The lowest BCUT2D eigenvalue weighted by molar-refractivity contribution is 0.136. The third-order valence-electron chi connectivity index (χ3n) is 5.05. The Morgan fingerprint density at radius 3 is 2.81 bits per heavy atom. The second kappa shape index (κ2) is 6.20. The van der Waals surface area contributed by atoms with Crippen molar-refractivity contribution < 1.29 is 0 Å². The molecule has 0 radical (unpaired) electrons. The minimum atomic E-state index is 0.682. The lowest BCUT2D eigenvalue weighted by Gasteiger charge is -2.36. The molecule has 3 nitrogen and oxygen atoms in total. The van der Waals surface area contributed by atoms with Crippen LogP contribution in [0, 0.1) is 6.92 Å². The van der Waals surface area contributed by atoms with Crippen LogP contribution in [0.15, 0.2) is 24.3 Å². The van der Waals surface area contributed by atoms with Gasteiger partial charge in [-0.05, 0) is 45.0 Å². The zero-order valence-electron chi connectivity index (χ0n) is 13.5. The molecule has 0 aliphatic carbocycles. The van der Waals surface area contributed by atoms with Crippen LogP contribution < -0.4 is 5.32 Å². The molecule has 0 spiro atoms. The number of likely N-dealkylation sites (tertiary alicyclic amines) is 1. The summed E-state index contributed by atoms with van der Waals surface area (Å²) in [7, 11) is 4.27. The maximum Gasteiger partial charge on any atom is 0.0483 e. The van der Waals surface area contributed by atoms with Crippen molar-refractivity contribution >= 4 is 10.9 Å². The van der Waals surface area contributed by atoms with Gasteiger partial charge in [0.05, 0.1) is 0 Å². The van der Waals surface area contributed by atoms with Gasteiger partial charge >= 0.3 is 0 Å². The van der Waals surface area contributed by atoms with E-state index in [1.54, 1.807) is 0 Å². The molecule has 1 aliphatic heterocycles. The molecule has 1 saturated heterocycles. The average molecular weight is 285 g/mol. The molecule has 0 amide bonds. The van der Waals surface area contributed by atoms with E-state index in [0.29, 0.717) is 6.04 Å². The van der Waals surface area contributed by atoms with E-state index in [9.17, 15) is 0 Å². The highest BCUT2D eigenvalue weighted by Gasteiger charge is 2.23. The number of nitrogens with one attached hydrogen (secondary N) is 1. The fraction of sp³-hybridized carbons (Fsp3) is 0.556. The van der Waals surface area contributed by atoms with Gasteiger partial charge in [-0.1, -0.05) is 24.6 Å². The van der Waals surface area contributed by atoms with Crippen molar-refractivity contribution in [3.8, 4) is 0 Å². The summed E-state index contributed by atoms with van der Waals surface area (Å²) < 4.78 is 2.38. The van der Waals surface area contributed by atoms with Gasteiger partial charge in [-0.15, -0.1) is 0 Å². The van der Waals surface area contributed by atoms with Crippen molar-refractivity contribution in [2.75, 3.05) is 20.1 Å². The van der Waals surface area contributed by atoms with E-state index >= 15 is 0 Å². The van der Waals surface area contributed by atoms with Gasteiger partial charge in [0.2, 0.25) is 0 Å². The van der Waals surface area contributed by atoms with E-state index in [1.165, 1.54) is 48.0 Å². The molecule has 1 aliphatic rings. The molecular formula is C18H27N3. The molecule has 1 fully saturated rings. The molecule has 1 aromatic carbocycles. The molecule has 3 rings (SSSR count). The molecule has 2 aromatic rings. The predicted octanol–water partition coefficient (Wildman–Crippen LogP) is 3.06. The maximum atomic E-state index is 3.36. The van der Waals surface area contributed by atoms with Crippen molar-refractivity contribution in [1.29, 1.82) is 0 Å². The van der Waals surface area contributed by atoms with E-state index < -0.39 is 0 Å². The van der Waals surface area contributed by atoms with Crippen LogP contribution in [-0.2, 0) is 13.6 Å². The van der Waals surface area contributed by atoms with Gasteiger partial charge < -0.3 is 9.88 Å². The molecule has 2 heterocycles. The van der Waals surface area contributed by atoms with Crippen LogP contribution in [0.1, 0.15) is 30.5 Å². The summed E-state index contributed by atoms with van der Waals surface area (Å²) >= 11 is 0. The lowest BCUT2D eigenvalue weighted by Crippen LogP contribution is -2.44. The summed E-state index contributed by atoms with van der Waals surface area (Å²) in [5, 5.41) is 4.76. The van der Waals surface area contributed by atoms with Gasteiger partial charge in [-0.2, -0.15) is 0 Å². The first-order valence-corrected chi connectivity index (χ1v) is 8.14. The Balaban J connectivity index is 1.90. The van der Waals surface area contributed by atoms with Gasteiger partial charge in [0.1, 0.15) is 0 Å². The molecule has 21 heavy (non-hydrogen) atoms. The number of para-hydroxylation sites is 1. The minimum absolute atomic E-state index is 0.682. The highest BCUT2D eigenvalue weighted by atomic mass is 15.2. The van der Waals surface area contributed by atoms with Crippen LogP contribution in [0.4, 0.5) is 0 Å². The fourth-order valence-electron chi connectivity index (χ4n) is 3.79. The van der Waals surface area contributed by atoms with Gasteiger partial charge in [0.25, 0.3) is 0 Å². The highest BCUT2D eigenvalue weighted by molar-refractivity contribution is 5.85. The van der Waals surface area contributed by atoms with Crippen molar-refractivity contribution in [1.82, 2.24) is 14.8 Å². The largest absolute Gasteiger partial charge is 0.346 e. The Bertz CT molecular complexity index is 573. The SMILES string of the molecule is CNCC1CCCCN1Cc1c(C)c2ccccc2n1C. The summed E-state index contributed by atoms with van der Waals surface area (Å²) in [6, 6.07) is 9.43. The summed E-state index contributed by atoms with van der Waals surface area (Å²) in [5.74, 6) is 0. The van der Waals surface area contributed by atoms with E-state index in [2.05, 4.69) is 60.1 Å². The van der Waals surface area contributed by atoms with E-state index in [1.807, 2.05) is 0 Å². The average Bonchev–Trinajstić information content (AvgIpc) is 2.75. The fourth-order valence-corrected chi connectivity index (χ4v) is 3.79. The smallest absolute Gasteiger partial charge is 0.0483 e. The Labute approximate surface area is 127 Å². The van der Waals surface area contributed by atoms with Crippen LogP contribution in [0.3, 0.4) is 0 Å². The summed E-state index contributed by atoms with van der Waals surface area (Å²) in [4.78, 5) is 2.67. The van der Waals surface area contributed by atoms with Gasteiger partial charge in [0.15, 0.2) is 0 Å². The zero-order chi connectivity index (χ0) is 14.8. The molecule has 0 saturated carbocycles. The molecular weight excluding hydrogens is 258 g/mol. The van der Waals surface area contributed by atoms with Crippen molar-refractivity contribution in [3.63, 3.8) is 0 Å². The number of hydrogen-bond acceptors (Lipinski definition) is 2. The van der Waals surface area contributed by atoms with Crippen molar-refractivity contribution in [2.24, 2.45) is 7.05 Å². The van der Waals surface area contributed by atoms with Crippen LogP contribution in [0.2, 0.25) is 0 Å². The Hall–Kier alpha value is -1.32. The molecule has 114 valence electrons. The summed E-state index contributed by atoms with van der Waals surface area (Å²) in [5.41, 5.74) is 4.27. The van der Waals surface area contributed by atoms with Crippen molar-refractivity contribution in [3.05, 3.63) is 35.5 Å². The first-order valence-electron chi connectivity index (χ1n) is 8.14. The molecule has 1 unspecified atom stereocenters. The second-order valence-corrected chi connectivity index (χ2v) is 6.33. The lowest BCUT2D eigenvalue weighted by atomic mass is 10.0. The van der Waals surface area contributed by atoms with Crippen LogP contribution in [-0.4, -0.2) is 35.6 Å². The number of hydrogen-bond donors (Lipinski definition) is 1. The van der Waals surface area contributed by atoms with Gasteiger partial charge in [0, 0.05) is 42.8 Å². The van der Waals surface area contributed by atoms with Gasteiger partial charge in [-0.3, -0.25) is 4.90 Å². The summed E-state index contributed by atoms with van der Waals surface area (Å²) in [6.07, 6.45) is 4.03. The zero-order valence-corrected chi connectivity index (χ0v) is 13.5. The predicted molar refractivity (Wildman–Crippen MR) is 89.6 cm³/mol. The number of benzene rings is 1. The van der Waals surface area contributed by atoms with Crippen LogP contribution >= 0.6 is 0 Å². The number of aromatic nitrogens is 1. The van der Waals surface area contributed by atoms with E-state index in [0.717, 1.165) is 13.1 Å². The first-order chi connectivity index (χ1) is 10.2. The number of rotatable bonds is 4. The minimum Gasteiger partial charge on any atom is -0.346 e. The number of nitrogens with zero attached hydrogens (tertiary/aromatic N) is 2. The quantitative estimate of drug-likeness (QED) is 0.931. The molecule has 1 atom stereocenters. The Morgan fingerprint density at radius 2 is 2.05 bits per heavy atom. The number of likely N-dealkylation sites (N-methyl/N-ethyl adjacent to an activating group) is 1. The maximum absolute atomic E-state index is 3.36. The Morgan fingerprint density at radius 1 is 1.24 bits per heavy atom. The third kappa shape index (κ3) is 2.72. The number of fused-ring (bicyclic) bond motifs is 1. The highest BCUT2D eigenvalue weighted by Crippen LogP contribution is 2.27. The Kier molecular flexibility index (Phi) is 4.32. The molecule has 1 aromatic heterocycles. The third-order valence-corrected chi connectivity index (χ3v) is 5.05. The number of piperidine rings is 1. The molecule has 3 heteroatoms. The second-order valence-electron chi connectivity index (χ2n) is 6.33. The monoisotopic (exact) mass is 285 g/mol. The number of aryl methyl sites for hydroxylation is 2. The summed E-state index contributed by atoms with van der Waals surface area (Å²) in [6.45, 7) is 5.67. The molecule has 0 bridgehead atoms. The van der Waals surface area contributed by atoms with Crippen LogP contribution in [0.5, 0.6) is 0 Å². The van der Waals surface area contributed by atoms with Crippen LogP contribution in [0.25, 0.3) is 10.9 Å². The first kappa shape index (κ1) is 14.6.